The first-order chi connectivity index (χ1) is 10.8. The molecule has 0 aromatic rings. The molecule has 6 heteroatoms. The smallest absolute Gasteiger partial charge is 0.359 e. The number of carbonyl (C=O) groups excluding carboxylic acids is 1. The summed E-state index contributed by atoms with van der Waals surface area (Å²) in [7, 11) is 3.73. The predicted molar refractivity (Wildman–Crippen MR) is 90.0 cm³/mol. The second-order valence-electron chi connectivity index (χ2n) is 6.90. The number of carboxylic acid groups (broad SMARTS) is 1. The number of hydrogen-bond acceptors (Lipinski definition) is 2. The number of likely N-dealkylation sites (N-methyl/N-ethyl adjacent to an activating group) is 1. The maximum atomic E-state index is 13.4. The Bertz CT molecular complexity index is 349. The standard InChI is InChI=1S/C17H33FN2O3/c1-4-5-9-15(18)10-6-7-11-16(21)19-12-8-13-20(2,3)14-17(22)23/h15H,4-14H2,1-3H3,(H-,19,21,22,23)/p+1. The minimum absolute atomic E-state index is 0.00231. The Morgan fingerprint density at radius 3 is 2.39 bits per heavy atom. The maximum absolute atomic E-state index is 13.4. The SMILES string of the molecule is CCCCC(F)CCCCC(=O)NCCC[N+](C)(C)CC(=O)O. The molecular weight excluding hydrogens is 299 g/mol. The second kappa shape index (κ2) is 12.3. The largest absolute Gasteiger partial charge is 0.477 e. The molecule has 0 aliphatic carbocycles. The van der Waals surface area contributed by atoms with Crippen molar-refractivity contribution in [1.29, 1.82) is 0 Å². The van der Waals surface area contributed by atoms with Crippen molar-refractivity contribution in [2.45, 2.75) is 64.5 Å². The van der Waals surface area contributed by atoms with Crippen molar-refractivity contribution in [2.24, 2.45) is 0 Å². The third-order valence-electron chi connectivity index (χ3n) is 3.87. The van der Waals surface area contributed by atoms with Gasteiger partial charge in [0.2, 0.25) is 5.91 Å². The lowest BCUT2D eigenvalue weighted by atomic mass is 10.1. The van der Waals surface area contributed by atoms with Crippen LogP contribution >= 0.6 is 0 Å². The van der Waals surface area contributed by atoms with Gasteiger partial charge in [0.1, 0.15) is 6.17 Å². The molecule has 0 heterocycles. The highest BCUT2D eigenvalue weighted by atomic mass is 19.1. The number of nitrogens with zero attached hydrogens (tertiary/aromatic N) is 1. The van der Waals surface area contributed by atoms with Crippen molar-refractivity contribution >= 4 is 11.9 Å². The molecule has 0 aliphatic heterocycles. The van der Waals surface area contributed by atoms with E-state index < -0.39 is 12.1 Å². The number of rotatable bonds is 14. The minimum Gasteiger partial charge on any atom is -0.477 e. The highest BCUT2D eigenvalue weighted by molar-refractivity contribution is 5.75. The van der Waals surface area contributed by atoms with Crippen LogP contribution in [0.3, 0.4) is 0 Å². The molecule has 0 radical (unpaired) electrons. The third kappa shape index (κ3) is 14.2. The molecule has 1 atom stereocenters. The number of hydrogen-bond donors (Lipinski definition) is 2. The summed E-state index contributed by atoms with van der Waals surface area (Å²) in [5, 5.41) is 11.6. The van der Waals surface area contributed by atoms with E-state index >= 15 is 0 Å². The first-order valence-electron chi connectivity index (χ1n) is 8.71. The molecule has 0 bridgehead atoms. The molecule has 0 aromatic heterocycles. The lowest BCUT2D eigenvalue weighted by Crippen LogP contribution is -2.45. The number of nitrogens with one attached hydrogen (secondary N) is 1. The Hall–Kier alpha value is -1.17. The zero-order chi connectivity index (χ0) is 17.7. The van der Waals surface area contributed by atoms with Crippen LogP contribution in [-0.4, -0.2) is 61.4 Å². The second-order valence-corrected chi connectivity index (χ2v) is 6.90. The fourth-order valence-corrected chi connectivity index (χ4v) is 2.49. The Morgan fingerprint density at radius 1 is 1.13 bits per heavy atom. The summed E-state index contributed by atoms with van der Waals surface area (Å²) in [5.41, 5.74) is 0. The number of amides is 1. The van der Waals surface area contributed by atoms with Gasteiger partial charge in [-0.3, -0.25) is 4.79 Å². The van der Waals surface area contributed by atoms with Gasteiger partial charge in [0.25, 0.3) is 0 Å². The van der Waals surface area contributed by atoms with Gasteiger partial charge in [0.15, 0.2) is 6.54 Å². The van der Waals surface area contributed by atoms with Gasteiger partial charge in [-0.1, -0.05) is 26.2 Å². The molecule has 0 saturated heterocycles. The molecule has 2 N–H and O–H groups in total. The monoisotopic (exact) mass is 333 g/mol. The average Bonchev–Trinajstić information content (AvgIpc) is 2.44. The number of unbranched alkanes of at least 4 members (excludes halogenated alkanes) is 2. The van der Waals surface area contributed by atoms with Crippen molar-refractivity contribution in [3.63, 3.8) is 0 Å². The Kier molecular flexibility index (Phi) is 11.7. The molecule has 0 aliphatic rings. The zero-order valence-electron chi connectivity index (χ0n) is 14.9. The number of carboxylic acids is 1. The summed E-state index contributed by atoms with van der Waals surface area (Å²) in [5.74, 6) is -0.818. The van der Waals surface area contributed by atoms with Gasteiger partial charge in [0.05, 0.1) is 20.6 Å². The lowest BCUT2D eigenvalue weighted by molar-refractivity contribution is -0.883. The molecule has 0 saturated carbocycles. The highest BCUT2D eigenvalue weighted by Gasteiger charge is 2.18. The summed E-state index contributed by atoms with van der Waals surface area (Å²) in [4.78, 5) is 22.4. The number of alkyl halides is 1. The first kappa shape index (κ1) is 21.8. The van der Waals surface area contributed by atoms with E-state index in [-0.39, 0.29) is 12.5 Å². The molecule has 0 fully saturated rings. The normalized spacial score (nSPS) is 12.9. The average molecular weight is 333 g/mol. The number of halogens is 1. The Labute approximate surface area is 139 Å². The molecule has 0 spiro atoms. The molecule has 136 valence electrons. The van der Waals surface area contributed by atoms with Crippen LogP contribution in [0.2, 0.25) is 0 Å². The molecule has 5 nitrogen and oxygen atoms in total. The van der Waals surface area contributed by atoms with Crippen LogP contribution in [0, 0.1) is 0 Å². The van der Waals surface area contributed by atoms with Crippen molar-refractivity contribution in [2.75, 3.05) is 33.7 Å². The van der Waals surface area contributed by atoms with Crippen LogP contribution in [0.5, 0.6) is 0 Å². The van der Waals surface area contributed by atoms with Crippen molar-refractivity contribution in [3.05, 3.63) is 0 Å². The quantitative estimate of drug-likeness (QED) is 0.379. The molecular formula is C17H34FN2O3+. The first-order valence-corrected chi connectivity index (χ1v) is 8.71. The maximum Gasteiger partial charge on any atom is 0.359 e. The van der Waals surface area contributed by atoms with E-state index in [1.807, 2.05) is 14.1 Å². The van der Waals surface area contributed by atoms with Gasteiger partial charge >= 0.3 is 5.97 Å². The van der Waals surface area contributed by atoms with Crippen LogP contribution in [0.25, 0.3) is 0 Å². The minimum atomic E-state index is -0.816. The van der Waals surface area contributed by atoms with Crippen molar-refractivity contribution in [1.82, 2.24) is 5.32 Å². The van der Waals surface area contributed by atoms with Crippen LogP contribution in [0.1, 0.15) is 58.3 Å². The van der Waals surface area contributed by atoms with Crippen LogP contribution in [0.15, 0.2) is 0 Å². The zero-order valence-corrected chi connectivity index (χ0v) is 14.9. The van der Waals surface area contributed by atoms with E-state index in [2.05, 4.69) is 12.2 Å². The van der Waals surface area contributed by atoms with Gasteiger partial charge in [-0.2, -0.15) is 0 Å². The lowest BCUT2D eigenvalue weighted by Gasteiger charge is -2.27. The summed E-state index contributed by atoms with van der Waals surface area (Å²) < 4.78 is 13.8. The van der Waals surface area contributed by atoms with E-state index in [1.165, 1.54) is 0 Å². The molecule has 0 rings (SSSR count). The third-order valence-corrected chi connectivity index (χ3v) is 3.87. The molecule has 1 amide bonds. The number of aliphatic carboxylic acids is 1. The van der Waals surface area contributed by atoms with Gasteiger partial charge in [-0.15, -0.1) is 0 Å². The van der Waals surface area contributed by atoms with Crippen molar-refractivity contribution in [3.8, 4) is 0 Å². The van der Waals surface area contributed by atoms with Gasteiger partial charge < -0.3 is 14.9 Å². The summed E-state index contributed by atoms with van der Waals surface area (Å²) in [6.45, 7) is 3.39. The van der Waals surface area contributed by atoms with Crippen molar-refractivity contribution < 1.29 is 23.6 Å². The number of carbonyl (C=O) groups is 2. The molecule has 1 unspecified atom stereocenters. The fraction of sp³-hybridized carbons (Fsp3) is 0.882. The van der Waals surface area contributed by atoms with E-state index in [0.717, 1.165) is 32.1 Å². The van der Waals surface area contributed by atoms with E-state index in [0.29, 0.717) is 36.8 Å². The van der Waals surface area contributed by atoms with E-state index in [4.69, 9.17) is 5.11 Å². The van der Waals surface area contributed by atoms with Crippen LogP contribution < -0.4 is 5.32 Å². The highest BCUT2D eigenvalue weighted by Crippen LogP contribution is 2.12. The van der Waals surface area contributed by atoms with Crippen LogP contribution in [-0.2, 0) is 9.59 Å². The summed E-state index contributed by atoms with van der Waals surface area (Å²) >= 11 is 0. The fourth-order valence-electron chi connectivity index (χ4n) is 2.49. The van der Waals surface area contributed by atoms with Gasteiger partial charge in [-0.25, -0.2) is 9.18 Å². The topological polar surface area (TPSA) is 66.4 Å². The van der Waals surface area contributed by atoms with E-state index in [9.17, 15) is 14.0 Å². The Morgan fingerprint density at radius 2 is 1.78 bits per heavy atom. The predicted octanol–water partition coefficient (Wildman–Crippen LogP) is 2.74. The van der Waals surface area contributed by atoms with E-state index in [1.54, 1.807) is 0 Å². The van der Waals surface area contributed by atoms with Gasteiger partial charge in [0, 0.05) is 19.4 Å². The molecule has 23 heavy (non-hydrogen) atoms. The summed E-state index contributed by atoms with van der Waals surface area (Å²) in [6.07, 6.45) is 5.06. The summed E-state index contributed by atoms with van der Waals surface area (Å²) in [6, 6.07) is 0. The Balaban J connectivity index is 3.59. The van der Waals surface area contributed by atoms with Gasteiger partial charge in [-0.05, 0) is 19.3 Å². The number of quaternary nitrogens is 1. The molecule has 0 aromatic carbocycles. The van der Waals surface area contributed by atoms with Crippen LogP contribution in [0.4, 0.5) is 4.39 Å².